The first-order valence-corrected chi connectivity index (χ1v) is 8.70. The minimum Gasteiger partial charge on any atom is -0.328 e. The molecule has 27 heavy (non-hydrogen) atoms. The zero-order valence-electron chi connectivity index (χ0n) is 15.1. The van der Waals surface area contributed by atoms with Crippen molar-refractivity contribution in [3.63, 3.8) is 0 Å². The highest BCUT2D eigenvalue weighted by molar-refractivity contribution is 5.74. The molecule has 1 saturated heterocycles. The van der Waals surface area contributed by atoms with Gasteiger partial charge in [-0.2, -0.15) is 13.2 Å². The Bertz CT molecular complexity index is 781. The summed E-state index contributed by atoms with van der Waals surface area (Å²) in [6, 6.07) is 4.77. The van der Waals surface area contributed by atoms with Crippen LogP contribution >= 0.6 is 0 Å². The molecule has 2 amide bonds. The second-order valence-corrected chi connectivity index (χ2v) is 6.71. The van der Waals surface area contributed by atoms with Crippen molar-refractivity contribution < 1.29 is 18.0 Å². The number of halogens is 3. The number of benzene rings is 1. The van der Waals surface area contributed by atoms with Crippen LogP contribution in [0.25, 0.3) is 0 Å². The molecule has 1 aromatic carbocycles. The lowest BCUT2D eigenvalue weighted by atomic mass is 9.89. The van der Waals surface area contributed by atoms with Gasteiger partial charge in [0.25, 0.3) is 0 Å². The standard InChI is InChI=1S/C17H21F3N6O/c1-11(15-22-23-24-25(15)2)21-16(27)26-9-7-13(8-10-26)12-3-5-14(6-4-12)17(18,19)20/h3-6,11,13H,7-10H2,1-2H3,(H,21,27)/t11-/m1/s1. The van der Waals surface area contributed by atoms with Gasteiger partial charge < -0.3 is 10.2 Å². The average molecular weight is 382 g/mol. The number of piperidine rings is 1. The van der Waals surface area contributed by atoms with Crippen LogP contribution in [-0.2, 0) is 13.2 Å². The van der Waals surface area contributed by atoms with E-state index in [0.717, 1.165) is 17.7 Å². The van der Waals surface area contributed by atoms with Gasteiger partial charge >= 0.3 is 12.2 Å². The Morgan fingerprint density at radius 1 is 1.22 bits per heavy atom. The molecule has 1 aromatic heterocycles. The SMILES string of the molecule is C[C@@H](NC(=O)N1CCC(c2ccc(C(F)(F)F)cc2)CC1)c1nnnn1C. The summed E-state index contributed by atoms with van der Waals surface area (Å²) >= 11 is 0. The van der Waals surface area contributed by atoms with Crippen LogP contribution in [0.3, 0.4) is 0 Å². The second kappa shape index (κ2) is 7.53. The quantitative estimate of drug-likeness (QED) is 0.886. The van der Waals surface area contributed by atoms with E-state index < -0.39 is 11.7 Å². The van der Waals surface area contributed by atoms with Gasteiger partial charge in [0.2, 0.25) is 0 Å². The van der Waals surface area contributed by atoms with E-state index >= 15 is 0 Å². The van der Waals surface area contributed by atoms with Gasteiger partial charge in [-0.05, 0) is 53.8 Å². The van der Waals surface area contributed by atoms with E-state index in [-0.39, 0.29) is 18.0 Å². The van der Waals surface area contributed by atoms with E-state index in [1.54, 1.807) is 18.9 Å². The summed E-state index contributed by atoms with van der Waals surface area (Å²) < 4.78 is 39.5. The Labute approximate surface area is 154 Å². The molecular formula is C17H21F3N6O. The van der Waals surface area contributed by atoms with Crippen molar-refractivity contribution in [3.8, 4) is 0 Å². The number of tetrazole rings is 1. The van der Waals surface area contributed by atoms with E-state index in [1.807, 2.05) is 0 Å². The van der Waals surface area contributed by atoms with Crippen molar-refractivity contribution in [1.29, 1.82) is 0 Å². The van der Waals surface area contributed by atoms with Crippen molar-refractivity contribution in [2.24, 2.45) is 7.05 Å². The third kappa shape index (κ3) is 4.37. The molecule has 0 saturated carbocycles. The van der Waals surface area contributed by atoms with Gasteiger partial charge in [-0.1, -0.05) is 12.1 Å². The number of rotatable bonds is 3. The lowest BCUT2D eigenvalue weighted by Gasteiger charge is -2.33. The smallest absolute Gasteiger partial charge is 0.328 e. The number of nitrogens with one attached hydrogen (secondary N) is 1. The van der Waals surface area contributed by atoms with Crippen molar-refractivity contribution in [2.45, 2.75) is 37.9 Å². The maximum Gasteiger partial charge on any atom is 0.416 e. The van der Waals surface area contributed by atoms with Crippen LogP contribution in [0.15, 0.2) is 24.3 Å². The summed E-state index contributed by atoms with van der Waals surface area (Å²) in [5, 5.41) is 14.0. The Morgan fingerprint density at radius 3 is 2.37 bits per heavy atom. The maximum atomic E-state index is 12.7. The zero-order chi connectivity index (χ0) is 19.6. The minimum absolute atomic E-state index is 0.150. The van der Waals surface area contributed by atoms with Crippen LogP contribution in [0.1, 0.15) is 48.7 Å². The molecule has 2 heterocycles. The molecule has 0 radical (unpaired) electrons. The Hall–Kier alpha value is -2.65. The number of aryl methyl sites for hydroxylation is 1. The monoisotopic (exact) mass is 382 g/mol. The highest BCUT2D eigenvalue weighted by Gasteiger charge is 2.31. The molecule has 0 aliphatic carbocycles. The van der Waals surface area contributed by atoms with Crippen LogP contribution in [0, 0.1) is 0 Å². The van der Waals surface area contributed by atoms with Gasteiger partial charge in [0, 0.05) is 20.1 Å². The highest BCUT2D eigenvalue weighted by atomic mass is 19.4. The van der Waals surface area contributed by atoms with Crippen LogP contribution < -0.4 is 5.32 Å². The molecule has 0 bridgehead atoms. The zero-order valence-corrected chi connectivity index (χ0v) is 15.1. The van der Waals surface area contributed by atoms with E-state index in [4.69, 9.17) is 0 Å². The van der Waals surface area contributed by atoms with Gasteiger partial charge in [-0.3, -0.25) is 0 Å². The van der Waals surface area contributed by atoms with E-state index in [1.165, 1.54) is 16.8 Å². The number of hydrogen-bond donors (Lipinski definition) is 1. The molecule has 1 aliphatic heterocycles. The maximum absolute atomic E-state index is 12.7. The number of carbonyl (C=O) groups excluding carboxylic acids is 1. The third-order valence-electron chi connectivity index (χ3n) is 4.87. The fourth-order valence-corrected chi connectivity index (χ4v) is 3.30. The predicted octanol–water partition coefficient (Wildman–Crippen LogP) is 2.88. The average Bonchev–Trinajstić information content (AvgIpc) is 3.07. The highest BCUT2D eigenvalue weighted by Crippen LogP contribution is 2.33. The number of amides is 2. The van der Waals surface area contributed by atoms with Crippen molar-refractivity contribution in [3.05, 3.63) is 41.2 Å². The fraction of sp³-hybridized carbons (Fsp3) is 0.529. The summed E-state index contributed by atoms with van der Waals surface area (Å²) in [6.07, 6.45) is -2.91. The summed E-state index contributed by atoms with van der Waals surface area (Å²) in [5.74, 6) is 0.708. The number of nitrogens with zero attached hydrogens (tertiary/aromatic N) is 5. The Kier molecular flexibility index (Phi) is 5.33. The van der Waals surface area contributed by atoms with Crippen LogP contribution in [0.5, 0.6) is 0 Å². The Morgan fingerprint density at radius 2 is 1.85 bits per heavy atom. The molecule has 0 spiro atoms. The van der Waals surface area contributed by atoms with Gasteiger partial charge in [-0.15, -0.1) is 5.10 Å². The molecule has 1 N–H and O–H groups in total. The summed E-state index contributed by atoms with van der Waals surface area (Å²) in [5.41, 5.74) is 0.233. The predicted molar refractivity (Wildman–Crippen MR) is 90.7 cm³/mol. The van der Waals surface area contributed by atoms with E-state index in [0.29, 0.717) is 31.8 Å². The van der Waals surface area contributed by atoms with Gasteiger partial charge in [0.1, 0.15) is 0 Å². The molecule has 10 heteroatoms. The van der Waals surface area contributed by atoms with Gasteiger partial charge in [0.05, 0.1) is 11.6 Å². The number of urea groups is 1. The largest absolute Gasteiger partial charge is 0.416 e. The van der Waals surface area contributed by atoms with Gasteiger partial charge in [-0.25, -0.2) is 9.48 Å². The van der Waals surface area contributed by atoms with Crippen LogP contribution in [-0.4, -0.2) is 44.2 Å². The minimum atomic E-state index is -4.32. The number of aromatic nitrogens is 4. The molecule has 1 atom stereocenters. The first-order chi connectivity index (χ1) is 12.8. The molecule has 1 aliphatic rings. The van der Waals surface area contributed by atoms with Crippen LogP contribution in [0.2, 0.25) is 0 Å². The molecule has 0 unspecified atom stereocenters. The molecule has 1 fully saturated rings. The van der Waals surface area contributed by atoms with E-state index in [9.17, 15) is 18.0 Å². The second-order valence-electron chi connectivity index (χ2n) is 6.71. The normalized spacial score (nSPS) is 17.0. The third-order valence-corrected chi connectivity index (χ3v) is 4.87. The fourth-order valence-electron chi connectivity index (χ4n) is 3.30. The summed E-state index contributed by atoms with van der Waals surface area (Å²) in [6.45, 7) is 2.89. The summed E-state index contributed by atoms with van der Waals surface area (Å²) in [7, 11) is 1.70. The number of alkyl halides is 3. The van der Waals surface area contributed by atoms with Crippen LogP contribution in [0.4, 0.5) is 18.0 Å². The van der Waals surface area contributed by atoms with Gasteiger partial charge in [0.15, 0.2) is 5.82 Å². The number of likely N-dealkylation sites (tertiary alicyclic amines) is 1. The molecular weight excluding hydrogens is 361 g/mol. The molecule has 2 aromatic rings. The molecule has 146 valence electrons. The molecule has 3 rings (SSSR count). The van der Waals surface area contributed by atoms with Crippen molar-refractivity contribution >= 4 is 6.03 Å². The number of carbonyl (C=O) groups is 1. The number of hydrogen-bond acceptors (Lipinski definition) is 4. The lowest BCUT2D eigenvalue weighted by molar-refractivity contribution is -0.137. The lowest BCUT2D eigenvalue weighted by Crippen LogP contribution is -2.45. The first-order valence-electron chi connectivity index (χ1n) is 8.70. The van der Waals surface area contributed by atoms with Crippen molar-refractivity contribution in [1.82, 2.24) is 30.4 Å². The first kappa shape index (κ1) is 19.1. The Balaban J connectivity index is 1.54. The molecule has 7 nitrogen and oxygen atoms in total. The van der Waals surface area contributed by atoms with Crippen molar-refractivity contribution in [2.75, 3.05) is 13.1 Å². The topological polar surface area (TPSA) is 75.9 Å². The van der Waals surface area contributed by atoms with E-state index in [2.05, 4.69) is 20.8 Å². The summed E-state index contributed by atoms with van der Waals surface area (Å²) in [4.78, 5) is 14.1.